The lowest BCUT2D eigenvalue weighted by Gasteiger charge is -2.36. The number of hydrogen-bond donors (Lipinski definition) is 2. The van der Waals surface area contributed by atoms with E-state index in [2.05, 4.69) is 29.0 Å². The topological polar surface area (TPSA) is 65.5 Å². The van der Waals surface area contributed by atoms with Crippen LogP contribution in [0.3, 0.4) is 0 Å². The van der Waals surface area contributed by atoms with Gasteiger partial charge in [-0.1, -0.05) is 13.8 Å². The molecule has 24 heavy (non-hydrogen) atoms. The number of hydrogen-bond acceptors (Lipinski definition) is 4. The monoisotopic (exact) mass is 333 g/mol. The molecule has 0 spiro atoms. The summed E-state index contributed by atoms with van der Waals surface area (Å²) in [6.07, 6.45) is 4.36. The summed E-state index contributed by atoms with van der Waals surface area (Å²) in [5, 5.41) is 13.2. The first kappa shape index (κ1) is 18.7. The van der Waals surface area contributed by atoms with E-state index < -0.39 is 0 Å². The van der Waals surface area contributed by atoms with Crippen LogP contribution in [-0.4, -0.2) is 41.2 Å². The summed E-state index contributed by atoms with van der Waals surface area (Å²) in [4.78, 5) is 18.6. The van der Waals surface area contributed by atoms with Gasteiger partial charge in [0.1, 0.15) is 5.69 Å². The second-order valence-corrected chi connectivity index (χ2v) is 7.55. The molecule has 0 aromatic carbocycles. The van der Waals surface area contributed by atoms with Crippen molar-refractivity contribution in [3.05, 3.63) is 24.0 Å². The Kier molecular flexibility index (Phi) is 6.60. The van der Waals surface area contributed by atoms with E-state index in [1.165, 1.54) is 0 Å². The van der Waals surface area contributed by atoms with Crippen molar-refractivity contribution in [3.8, 4) is 0 Å². The first-order valence-electron chi connectivity index (χ1n) is 9.06. The van der Waals surface area contributed by atoms with Crippen LogP contribution in [0.2, 0.25) is 0 Å². The molecule has 5 heteroatoms. The highest BCUT2D eigenvalue weighted by molar-refractivity contribution is 5.93. The number of carbonyl (C=O) groups is 1. The maximum atomic E-state index is 12.1. The summed E-state index contributed by atoms with van der Waals surface area (Å²) < 4.78 is 0. The quantitative estimate of drug-likeness (QED) is 0.840. The van der Waals surface area contributed by atoms with Gasteiger partial charge in [0.25, 0.3) is 5.91 Å². The zero-order chi connectivity index (χ0) is 17.7. The number of carbonyl (C=O) groups excluding carboxylic acids is 1. The molecule has 0 saturated carbocycles. The van der Waals surface area contributed by atoms with Crippen LogP contribution in [0.5, 0.6) is 0 Å². The molecule has 1 saturated heterocycles. The lowest BCUT2D eigenvalue weighted by Crippen LogP contribution is -2.38. The normalized spacial score (nSPS) is 17.4. The Hall–Kier alpha value is -1.62. The number of nitrogens with zero attached hydrogens (tertiary/aromatic N) is 2. The minimum absolute atomic E-state index is 0.0983. The Bertz CT molecular complexity index is 537. The van der Waals surface area contributed by atoms with E-state index in [4.69, 9.17) is 0 Å². The second kappa shape index (κ2) is 8.47. The largest absolute Gasteiger partial charge is 0.393 e. The fourth-order valence-electron chi connectivity index (χ4n) is 3.29. The Labute approximate surface area is 145 Å². The molecule has 0 aliphatic carbocycles. The van der Waals surface area contributed by atoms with E-state index >= 15 is 0 Å². The lowest BCUT2D eigenvalue weighted by molar-refractivity contribution is 0.0735. The number of amides is 1. The van der Waals surface area contributed by atoms with Crippen LogP contribution < -0.4 is 10.2 Å². The number of aromatic nitrogens is 1. The van der Waals surface area contributed by atoms with Crippen molar-refractivity contribution in [3.63, 3.8) is 0 Å². The second-order valence-electron chi connectivity index (χ2n) is 7.55. The van der Waals surface area contributed by atoms with E-state index in [1.54, 1.807) is 6.20 Å². The molecule has 1 amide bonds. The maximum absolute atomic E-state index is 12.1. The van der Waals surface area contributed by atoms with Gasteiger partial charge in [0.05, 0.1) is 6.10 Å². The standard InChI is InChI=1S/C19H31N3O2/c1-13(2)11-18(23)15-6-9-22(10-7-15)16-5-8-20-17(12-16)19(24)21-14(3)4/h5,8,12-15,18,23H,6-7,9-11H2,1-4H3,(H,21,24). The van der Waals surface area contributed by atoms with Crippen molar-refractivity contribution in [2.75, 3.05) is 18.0 Å². The van der Waals surface area contributed by atoms with Crippen molar-refractivity contribution in [1.82, 2.24) is 10.3 Å². The van der Waals surface area contributed by atoms with Gasteiger partial charge in [-0.2, -0.15) is 0 Å². The Balaban J connectivity index is 1.95. The molecule has 134 valence electrons. The van der Waals surface area contributed by atoms with Crippen LogP contribution in [0.1, 0.15) is 57.4 Å². The van der Waals surface area contributed by atoms with Gasteiger partial charge in [-0.3, -0.25) is 9.78 Å². The number of nitrogens with one attached hydrogen (secondary N) is 1. The zero-order valence-electron chi connectivity index (χ0n) is 15.3. The van der Waals surface area contributed by atoms with Gasteiger partial charge >= 0.3 is 0 Å². The molecule has 5 nitrogen and oxygen atoms in total. The van der Waals surface area contributed by atoms with Crippen LogP contribution >= 0.6 is 0 Å². The minimum atomic E-state index is -0.197. The van der Waals surface area contributed by atoms with Gasteiger partial charge in [0.15, 0.2) is 0 Å². The van der Waals surface area contributed by atoms with Gasteiger partial charge in [-0.05, 0) is 57.1 Å². The highest BCUT2D eigenvalue weighted by Gasteiger charge is 2.26. The molecule has 1 fully saturated rings. The van der Waals surface area contributed by atoms with E-state index in [-0.39, 0.29) is 18.1 Å². The fraction of sp³-hybridized carbons (Fsp3) is 0.684. The molecular weight excluding hydrogens is 302 g/mol. The summed E-state index contributed by atoms with van der Waals surface area (Å²) >= 11 is 0. The maximum Gasteiger partial charge on any atom is 0.270 e. The Morgan fingerprint density at radius 1 is 1.33 bits per heavy atom. The third kappa shape index (κ3) is 5.20. The fourth-order valence-corrected chi connectivity index (χ4v) is 3.29. The molecule has 1 aliphatic rings. The lowest BCUT2D eigenvalue weighted by atomic mass is 9.87. The molecule has 2 heterocycles. The number of pyridine rings is 1. The third-order valence-electron chi connectivity index (χ3n) is 4.56. The van der Waals surface area contributed by atoms with E-state index in [9.17, 15) is 9.90 Å². The van der Waals surface area contributed by atoms with Gasteiger partial charge < -0.3 is 15.3 Å². The van der Waals surface area contributed by atoms with Crippen molar-refractivity contribution in [2.24, 2.45) is 11.8 Å². The van der Waals surface area contributed by atoms with Crippen molar-refractivity contribution in [2.45, 2.75) is 59.1 Å². The van der Waals surface area contributed by atoms with E-state index in [1.807, 2.05) is 26.0 Å². The van der Waals surface area contributed by atoms with Crippen LogP contribution in [-0.2, 0) is 0 Å². The SMILES string of the molecule is CC(C)CC(O)C1CCN(c2ccnc(C(=O)NC(C)C)c2)CC1. The molecule has 1 atom stereocenters. The molecule has 0 radical (unpaired) electrons. The van der Waals surface area contributed by atoms with Gasteiger partial charge in [0, 0.05) is 31.0 Å². The summed E-state index contributed by atoms with van der Waals surface area (Å²) in [6.45, 7) is 10.0. The predicted octanol–water partition coefficient (Wildman–Crippen LogP) is 2.84. The number of aliphatic hydroxyl groups excluding tert-OH is 1. The zero-order valence-corrected chi connectivity index (χ0v) is 15.3. The van der Waals surface area contributed by atoms with Gasteiger partial charge in [-0.25, -0.2) is 0 Å². The molecule has 1 aromatic heterocycles. The van der Waals surface area contributed by atoms with Crippen LogP contribution in [0.25, 0.3) is 0 Å². The summed E-state index contributed by atoms with van der Waals surface area (Å²) in [5.41, 5.74) is 1.50. The number of anilines is 1. The average molecular weight is 333 g/mol. The summed E-state index contributed by atoms with van der Waals surface area (Å²) in [6, 6.07) is 3.92. The van der Waals surface area contributed by atoms with Gasteiger partial charge in [-0.15, -0.1) is 0 Å². The van der Waals surface area contributed by atoms with Crippen LogP contribution in [0.4, 0.5) is 5.69 Å². The molecule has 0 bridgehead atoms. The molecule has 1 aliphatic heterocycles. The number of piperidine rings is 1. The molecule has 2 rings (SSSR count). The smallest absolute Gasteiger partial charge is 0.270 e. The highest BCUT2D eigenvalue weighted by Crippen LogP contribution is 2.27. The predicted molar refractivity (Wildman–Crippen MR) is 97.2 cm³/mol. The summed E-state index contributed by atoms with van der Waals surface area (Å²) in [7, 11) is 0. The van der Waals surface area contributed by atoms with Crippen LogP contribution in [0.15, 0.2) is 18.3 Å². The van der Waals surface area contributed by atoms with Crippen molar-refractivity contribution < 1.29 is 9.90 Å². The molecule has 1 unspecified atom stereocenters. The highest BCUT2D eigenvalue weighted by atomic mass is 16.3. The minimum Gasteiger partial charge on any atom is -0.393 e. The molecule has 1 aromatic rings. The summed E-state index contributed by atoms with van der Waals surface area (Å²) in [5.74, 6) is 0.781. The first-order valence-corrected chi connectivity index (χ1v) is 9.06. The average Bonchev–Trinajstić information content (AvgIpc) is 2.54. The molecule has 2 N–H and O–H groups in total. The van der Waals surface area contributed by atoms with Crippen molar-refractivity contribution >= 4 is 11.6 Å². The third-order valence-corrected chi connectivity index (χ3v) is 4.56. The van der Waals surface area contributed by atoms with E-state index in [0.717, 1.165) is 38.0 Å². The number of aliphatic hydroxyl groups is 1. The van der Waals surface area contributed by atoms with E-state index in [0.29, 0.717) is 17.5 Å². The van der Waals surface area contributed by atoms with Crippen LogP contribution in [0, 0.1) is 11.8 Å². The molecular formula is C19H31N3O2. The Morgan fingerprint density at radius 2 is 2.00 bits per heavy atom. The Morgan fingerprint density at radius 3 is 2.58 bits per heavy atom. The van der Waals surface area contributed by atoms with Crippen molar-refractivity contribution in [1.29, 1.82) is 0 Å². The number of rotatable bonds is 6. The first-order chi connectivity index (χ1) is 11.4. The van der Waals surface area contributed by atoms with Gasteiger partial charge in [0.2, 0.25) is 0 Å².